The van der Waals surface area contributed by atoms with Crippen LogP contribution >= 0.6 is 23.2 Å². The maximum absolute atomic E-state index is 6.01. The van der Waals surface area contributed by atoms with Crippen molar-refractivity contribution in [3.05, 3.63) is 21.9 Å². The molecule has 1 unspecified atom stereocenters. The van der Waals surface area contributed by atoms with E-state index < -0.39 is 0 Å². The zero-order chi connectivity index (χ0) is 12.4. The van der Waals surface area contributed by atoms with Crippen molar-refractivity contribution in [3.8, 4) is 0 Å². The highest BCUT2D eigenvalue weighted by Crippen LogP contribution is 2.32. The van der Waals surface area contributed by atoms with Gasteiger partial charge in [0.05, 0.1) is 16.8 Å². The summed E-state index contributed by atoms with van der Waals surface area (Å²) in [4.78, 5) is 2.46. The van der Waals surface area contributed by atoms with Gasteiger partial charge in [-0.3, -0.25) is 4.90 Å². The Bertz CT molecular complexity index is 395. The van der Waals surface area contributed by atoms with Gasteiger partial charge < -0.3 is 0 Å². The maximum atomic E-state index is 6.01. The van der Waals surface area contributed by atoms with E-state index in [9.17, 15) is 0 Å². The van der Waals surface area contributed by atoms with Crippen LogP contribution in [0.2, 0.25) is 10.2 Å². The van der Waals surface area contributed by atoms with Crippen LogP contribution in [0.1, 0.15) is 44.8 Å². The molecule has 1 aromatic heterocycles. The topological polar surface area (TPSA) is 29.0 Å². The normalized spacial score (nSPS) is 22.1. The lowest BCUT2D eigenvalue weighted by Crippen LogP contribution is -2.38. The van der Waals surface area contributed by atoms with Crippen LogP contribution in [0, 0.1) is 0 Å². The van der Waals surface area contributed by atoms with Gasteiger partial charge >= 0.3 is 0 Å². The van der Waals surface area contributed by atoms with E-state index in [2.05, 4.69) is 28.9 Å². The van der Waals surface area contributed by atoms with Crippen LogP contribution in [-0.4, -0.2) is 27.7 Å². The summed E-state index contributed by atoms with van der Waals surface area (Å²) in [5.74, 6) is 0. The Morgan fingerprint density at radius 2 is 2.06 bits per heavy atom. The fourth-order valence-electron chi connectivity index (χ4n) is 2.42. The molecule has 1 aliphatic rings. The SMILES string of the molecule is CC(C)N1CCCCC1c1cc(Cl)c(Cl)nn1. The van der Waals surface area contributed by atoms with Crippen molar-refractivity contribution in [1.82, 2.24) is 15.1 Å². The van der Waals surface area contributed by atoms with Crippen LogP contribution in [0.25, 0.3) is 0 Å². The average Bonchev–Trinajstić information content (AvgIpc) is 2.32. The Kier molecular flexibility index (Phi) is 4.23. The van der Waals surface area contributed by atoms with Crippen LogP contribution < -0.4 is 0 Å². The Hall–Kier alpha value is -0.380. The molecule has 1 aromatic rings. The molecule has 0 radical (unpaired) electrons. The third kappa shape index (κ3) is 2.90. The molecule has 0 saturated carbocycles. The summed E-state index contributed by atoms with van der Waals surface area (Å²) >= 11 is 11.8. The van der Waals surface area contributed by atoms with Gasteiger partial charge in [-0.15, -0.1) is 5.10 Å². The number of rotatable bonds is 2. The van der Waals surface area contributed by atoms with Gasteiger partial charge in [-0.05, 0) is 39.3 Å². The second-order valence-corrected chi connectivity index (χ2v) is 5.52. The number of hydrogen-bond donors (Lipinski definition) is 0. The molecule has 0 aliphatic carbocycles. The Morgan fingerprint density at radius 1 is 1.29 bits per heavy atom. The van der Waals surface area contributed by atoms with Gasteiger partial charge in [0.2, 0.25) is 0 Å². The number of nitrogens with zero attached hydrogens (tertiary/aromatic N) is 3. The molecule has 94 valence electrons. The Morgan fingerprint density at radius 3 is 2.71 bits per heavy atom. The van der Waals surface area contributed by atoms with Crippen LogP contribution in [0.3, 0.4) is 0 Å². The van der Waals surface area contributed by atoms with Crippen molar-refractivity contribution >= 4 is 23.2 Å². The van der Waals surface area contributed by atoms with E-state index in [1.807, 2.05) is 6.07 Å². The summed E-state index contributed by atoms with van der Waals surface area (Å²) in [6, 6.07) is 2.69. The zero-order valence-electron chi connectivity index (χ0n) is 10.2. The Balaban J connectivity index is 2.26. The van der Waals surface area contributed by atoms with Gasteiger partial charge in [0.15, 0.2) is 5.15 Å². The fourth-order valence-corrected chi connectivity index (χ4v) is 2.66. The van der Waals surface area contributed by atoms with Crippen molar-refractivity contribution in [2.24, 2.45) is 0 Å². The van der Waals surface area contributed by atoms with Crippen LogP contribution in [0.5, 0.6) is 0 Å². The van der Waals surface area contributed by atoms with Crippen LogP contribution in [0.15, 0.2) is 6.07 Å². The van der Waals surface area contributed by atoms with E-state index >= 15 is 0 Å². The highest BCUT2D eigenvalue weighted by atomic mass is 35.5. The van der Waals surface area contributed by atoms with E-state index in [1.165, 1.54) is 12.8 Å². The largest absolute Gasteiger partial charge is 0.292 e. The molecular weight excluding hydrogens is 257 g/mol. The van der Waals surface area contributed by atoms with E-state index in [0.29, 0.717) is 17.1 Å². The number of likely N-dealkylation sites (tertiary alicyclic amines) is 1. The van der Waals surface area contributed by atoms with Gasteiger partial charge in [0.25, 0.3) is 0 Å². The first kappa shape index (κ1) is 13.1. The second-order valence-electron chi connectivity index (χ2n) is 4.75. The Labute approximate surface area is 112 Å². The van der Waals surface area contributed by atoms with Gasteiger partial charge in [-0.1, -0.05) is 29.6 Å². The lowest BCUT2D eigenvalue weighted by molar-refractivity contribution is 0.108. The van der Waals surface area contributed by atoms with E-state index in [1.54, 1.807) is 0 Å². The first-order valence-corrected chi connectivity index (χ1v) is 6.79. The minimum atomic E-state index is 0.280. The minimum absolute atomic E-state index is 0.280. The summed E-state index contributed by atoms with van der Waals surface area (Å²) in [5.41, 5.74) is 0.938. The third-order valence-corrected chi connectivity index (χ3v) is 3.94. The van der Waals surface area contributed by atoms with Gasteiger partial charge in [-0.2, -0.15) is 5.10 Å². The van der Waals surface area contributed by atoms with Gasteiger partial charge in [0.1, 0.15) is 0 Å². The third-order valence-electron chi connectivity index (χ3n) is 3.27. The highest BCUT2D eigenvalue weighted by molar-refractivity contribution is 6.41. The van der Waals surface area contributed by atoms with Crippen LogP contribution in [0.4, 0.5) is 0 Å². The first-order valence-electron chi connectivity index (χ1n) is 6.04. The molecule has 5 heteroatoms. The molecule has 0 N–H and O–H groups in total. The monoisotopic (exact) mass is 273 g/mol. The summed E-state index contributed by atoms with van der Waals surface area (Å²) in [6.45, 7) is 5.54. The van der Waals surface area contributed by atoms with E-state index in [4.69, 9.17) is 23.2 Å². The molecule has 0 spiro atoms. The molecule has 3 nitrogen and oxygen atoms in total. The predicted octanol–water partition coefficient (Wildman–Crippen LogP) is 3.72. The number of aromatic nitrogens is 2. The molecule has 2 heterocycles. The molecule has 0 bridgehead atoms. The molecule has 0 aromatic carbocycles. The van der Waals surface area contributed by atoms with Gasteiger partial charge in [0, 0.05) is 6.04 Å². The molecule has 1 aliphatic heterocycles. The number of piperidine rings is 1. The summed E-state index contributed by atoms with van der Waals surface area (Å²) in [7, 11) is 0. The smallest absolute Gasteiger partial charge is 0.170 e. The van der Waals surface area contributed by atoms with Crippen molar-refractivity contribution < 1.29 is 0 Å². The van der Waals surface area contributed by atoms with Crippen LogP contribution in [-0.2, 0) is 0 Å². The van der Waals surface area contributed by atoms with Crippen molar-refractivity contribution in [2.75, 3.05) is 6.54 Å². The molecule has 2 rings (SSSR count). The standard InChI is InChI=1S/C12H17Cl2N3/c1-8(2)17-6-4-3-5-11(17)10-7-9(13)12(14)16-15-10/h7-8,11H,3-6H2,1-2H3. The highest BCUT2D eigenvalue weighted by Gasteiger charge is 2.27. The summed E-state index contributed by atoms with van der Waals surface area (Å²) in [5, 5.41) is 8.86. The van der Waals surface area contributed by atoms with Gasteiger partial charge in [-0.25, -0.2) is 0 Å². The van der Waals surface area contributed by atoms with E-state index in [-0.39, 0.29) is 5.15 Å². The lowest BCUT2D eigenvalue weighted by Gasteiger charge is -2.38. The second kappa shape index (κ2) is 5.51. The predicted molar refractivity (Wildman–Crippen MR) is 70.5 cm³/mol. The van der Waals surface area contributed by atoms with Crippen molar-refractivity contribution in [1.29, 1.82) is 0 Å². The summed E-state index contributed by atoms with van der Waals surface area (Å²) in [6.07, 6.45) is 3.60. The zero-order valence-corrected chi connectivity index (χ0v) is 11.7. The van der Waals surface area contributed by atoms with E-state index in [0.717, 1.165) is 18.7 Å². The first-order chi connectivity index (χ1) is 8.09. The molecule has 1 atom stereocenters. The summed E-state index contributed by atoms with van der Waals surface area (Å²) < 4.78 is 0. The minimum Gasteiger partial charge on any atom is -0.292 e. The molecule has 1 saturated heterocycles. The molecule has 17 heavy (non-hydrogen) atoms. The average molecular weight is 274 g/mol. The van der Waals surface area contributed by atoms with Crippen molar-refractivity contribution in [3.63, 3.8) is 0 Å². The fraction of sp³-hybridized carbons (Fsp3) is 0.667. The number of hydrogen-bond acceptors (Lipinski definition) is 3. The quantitative estimate of drug-likeness (QED) is 0.823. The molecule has 1 fully saturated rings. The number of halogens is 2. The maximum Gasteiger partial charge on any atom is 0.170 e. The molecular formula is C12H17Cl2N3. The molecule has 0 amide bonds. The van der Waals surface area contributed by atoms with Crippen molar-refractivity contribution in [2.45, 2.75) is 45.2 Å². The lowest BCUT2D eigenvalue weighted by atomic mass is 9.97.